The molecule has 1 saturated carbocycles. The van der Waals surface area contributed by atoms with Gasteiger partial charge in [0.15, 0.2) is 0 Å². The van der Waals surface area contributed by atoms with E-state index in [1.165, 1.54) is 18.2 Å². The zero-order valence-corrected chi connectivity index (χ0v) is 14.1. The predicted molar refractivity (Wildman–Crippen MR) is 86.8 cm³/mol. The highest BCUT2D eigenvalue weighted by Crippen LogP contribution is 2.38. The Morgan fingerprint density at radius 1 is 1.40 bits per heavy atom. The molecule has 134 valence electrons. The molecule has 3 rings (SSSR count). The molecule has 1 spiro atoms. The Labute approximate surface area is 145 Å². The number of imide groups is 1. The van der Waals surface area contributed by atoms with Crippen molar-refractivity contribution in [1.29, 1.82) is 0 Å². The van der Waals surface area contributed by atoms with Gasteiger partial charge in [0.25, 0.3) is 5.91 Å². The third kappa shape index (κ3) is 3.36. The predicted octanol–water partition coefficient (Wildman–Crippen LogP) is 2.37. The van der Waals surface area contributed by atoms with Crippen LogP contribution in [0.4, 0.5) is 9.18 Å². The molecule has 2 atom stereocenters. The van der Waals surface area contributed by atoms with Crippen molar-refractivity contribution in [1.82, 2.24) is 10.2 Å². The van der Waals surface area contributed by atoms with Gasteiger partial charge in [-0.1, -0.05) is 31.9 Å². The molecule has 1 saturated heterocycles. The summed E-state index contributed by atoms with van der Waals surface area (Å²) in [5.74, 6) is -1.44. The summed E-state index contributed by atoms with van der Waals surface area (Å²) in [6, 6.07) is 5.15. The lowest BCUT2D eigenvalue weighted by Gasteiger charge is -2.36. The van der Waals surface area contributed by atoms with E-state index in [0.717, 1.165) is 24.2 Å². The summed E-state index contributed by atoms with van der Waals surface area (Å²) in [6.45, 7) is 1.40. The summed E-state index contributed by atoms with van der Waals surface area (Å²) in [5.41, 5.74) is -0.388. The first-order valence-corrected chi connectivity index (χ1v) is 8.46. The van der Waals surface area contributed by atoms with Gasteiger partial charge in [-0.2, -0.15) is 0 Å². The van der Waals surface area contributed by atoms with E-state index in [1.54, 1.807) is 6.07 Å². The summed E-state index contributed by atoms with van der Waals surface area (Å²) in [7, 11) is 0. The number of urea groups is 1. The molecule has 3 amide bonds. The van der Waals surface area contributed by atoms with Crippen LogP contribution in [0.25, 0.3) is 0 Å². The quantitative estimate of drug-likeness (QED) is 0.669. The van der Waals surface area contributed by atoms with Crippen LogP contribution in [-0.4, -0.2) is 34.9 Å². The lowest BCUT2D eigenvalue weighted by molar-refractivity contribution is -0.149. The van der Waals surface area contributed by atoms with Gasteiger partial charge in [-0.15, -0.1) is 0 Å². The van der Waals surface area contributed by atoms with Crippen LogP contribution in [0, 0.1) is 11.7 Å². The summed E-state index contributed by atoms with van der Waals surface area (Å²) in [4.78, 5) is 37.9. The van der Waals surface area contributed by atoms with Crippen molar-refractivity contribution >= 4 is 17.9 Å². The van der Waals surface area contributed by atoms with E-state index in [0.29, 0.717) is 12.0 Å². The summed E-state index contributed by atoms with van der Waals surface area (Å²) in [5, 5.41) is 2.79. The topological polar surface area (TPSA) is 75.7 Å². The average Bonchev–Trinajstić information content (AvgIpc) is 2.81. The van der Waals surface area contributed by atoms with Gasteiger partial charge < -0.3 is 10.1 Å². The third-order valence-electron chi connectivity index (χ3n) is 5.08. The minimum Gasteiger partial charge on any atom is -0.459 e. The van der Waals surface area contributed by atoms with Crippen LogP contribution in [-0.2, 0) is 20.9 Å². The Morgan fingerprint density at radius 2 is 2.20 bits per heavy atom. The Hall–Kier alpha value is -2.44. The van der Waals surface area contributed by atoms with Crippen LogP contribution in [0.3, 0.4) is 0 Å². The zero-order valence-electron chi connectivity index (χ0n) is 14.1. The molecule has 2 aliphatic rings. The van der Waals surface area contributed by atoms with Crippen molar-refractivity contribution in [3.05, 3.63) is 35.6 Å². The van der Waals surface area contributed by atoms with Gasteiger partial charge in [0.1, 0.15) is 24.5 Å². The molecule has 2 fully saturated rings. The Bertz CT molecular complexity index is 708. The minimum atomic E-state index is -0.891. The highest BCUT2D eigenvalue weighted by atomic mass is 19.1. The van der Waals surface area contributed by atoms with Gasteiger partial charge in [-0.3, -0.25) is 14.5 Å². The number of carbonyl (C=O) groups is 3. The number of amides is 3. The Kier molecular flexibility index (Phi) is 4.74. The van der Waals surface area contributed by atoms with E-state index in [9.17, 15) is 18.8 Å². The van der Waals surface area contributed by atoms with Crippen LogP contribution in [0.15, 0.2) is 24.3 Å². The Morgan fingerprint density at radius 3 is 2.92 bits per heavy atom. The lowest BCUT2D eigenvalue weighted by Crippen LogP contribution is -2.54. The maximum absolute atomic E-state index is 13.1. The number of halogens is 1. The second-order valence-corrected chi connectivity index (χ2v) is 6.73. The molecule has 1 aromatic carbocycles. The zero-order chi connectivity index (χ0) is 18.0. The standard InChI is InChI=1S/C18H21FN2O4/c1-12-5-2-3-8-18(12)16(23)21(17(24)20-18)10-15(22)25-11-13-6-4-7-14(19)9-13/h4,6-7,9,12H,2-3,5,8,10-11H2,1H3,(H,20,24)/t12-,18-/m1/s1. The van der Waals surface area contributed by atoms with Gasteiger partial charge >= 0.3 is 12.0 Å². The molecule has 1 N–H and O–H groups in total. The van der Waals surface area contributed by atoms with Crippen LogP contribution >= 0.6 is 0 Å². The maximum atomic E-state index is 13.1. The molecule has 1 heterocycles. The van der Waals surface area contributed by atoms with Crippen LogP contribution in [0.2, 0.25) is 0 Å². The number of hydrogen-bond acceptors (Lipinski definition) is 4. The van der Waals surface area contributed by atoms with Crippen molar-refractivity contribution in [3.63, 3.8) is 0 Å². The summed E-state index contributed by atoms with van der Waals surface area (Å²) < 4.78 is 18.2. The first-order valence-electron chi connectivity index (χ1n) is 8.46. The molecular formula is C18H21FN2O4. The molecule has 25 heavy (non-hydrogen) atoms. The van der Waals surface area contributed by atoms with E-state index < -0.39 is 29.9 Å². The maximum Gasteiger partial charge on any atom is 0.326 e. The van der Waals surface area contributed by atoms with Crippen LogP contribution in [0.5, 0.6) is 0 Å². The molecule has 0 unspecified atom stereocenters. The molecule has 6 nitrogen and oxygen atoms in total. The van der Waals surface area contributed by atoms with Gasteiger partial charge in [0.2, 0.25) is 0 Å². The molecule has 1 aromatic rings. The second kappa shape index (κ2) is 6.82. The number of ether oxygens (including phenoxy) is 1. The largest absolute Gasteiger partial charge is 0.459 e. The second-order valence-electron chi connectivity index (χ2n) is 6.73. The van der Waals surface area contributed by atoms with E-state index in [2.05, 4.69) is 5.32 Å². The number of hydrogen-bond donors (Lipinski definition) is 1. The van der Waals surface area contributed by atoms with Crippen molar-refractivity contribution in [3.8, 4) is 0 Å². The molecule has 1 aliphatic carbocycles. The van der Waals surface area contributed by atoms with Crippen LogP contribution in [0.1, 0.15) is 38.2 Å². The molecule has 1 aliphatic heterocycles. The van der Waals surface area contributed by atoms with E-state index in [-0.39, 0.29) is 18.4 Å². The number of nitrogens with one attached hydrogen (secondary N) is 1. The molecular weight excluding hydrogens is 327 g/mol. The monoisotopic (exact) mass is 348 g/mol. The third-order valence-corrected chi connectivity index (χ3v) is 5.08. The first kappa shape index (κ1) is 17.4. The van der Waals surface area contributed by atoms with Gasteiger partial charge in [0, 0.05) is 0 Å². The van der Waals surface area contributed by atoms with Crippen molar-refractivity contribution in [2.45, 2.75) is 44.8 Å². The fraction of sp³-hybridized carbons (Fsp3) is 0.500. The lowest BCUT2D eigenvalue weighted by atomic mass is 9.73. The average molecular weight is 348 g/mol. The molecule has 7 heteroatoms. The fourth-order valence-electron chi connectivity index (χ4n) is 3.60. The number of benzene rings is 1. The fourth-order valence-corrected chi connectivity index (χ4v) is 3.60. The number of esters is 1. The smallest absolute Gasteiger partial charge is 0.326 e. The van der Waals surface area contributed by atoms with Gasteiger partial charge in [-0.25, -0.2) is 9.18 Å². The normalized spacial score (nSPS) is 26.0. The van der Waals surface area contributed by atoms with Gasteiger partial charge in [-0.05, 0) is 36.5 Å². The van der Waals surface area contributed by atoms with E-state index in [4.69, 9.17) is 4.74 Å². The van der Waals surface area contributed by atoms with Gasteiger partial charge in [0.05, 0.1) is 0 Å². The SMILES string of the molecule is C[C@@H]1CCCC[C@@]12NC(=O)N(CC(=O)OCc1cccc(F)c1)C2=O. The van der Waals surface area contributed by atoms with E-state index in [1.807, 2.05) is 6.92 Å². The summed E-state index contributed by atoms with van der Waals surface area (Å²) >= 11 is 0. The Balaban J connectivity index is 1.61. The molecule has 0 aromatic heterocycles. The summed E-state index contributed by atoms with van der Waals surface area (Å²) in [6.07, 6.45) is 3.35. The minimum absolute atomic E-state index is 0.0333. The molecule has 0 radical (unpaired) electrons. The van der Waals surface area contributed by atoms with Crippen molar-refractivity contribution < 1.29 is 23.5 Å². The highest BCUT2D eigenvalue weighted by molar-refractivity contribution is 6.08. The number of carbonyl (C=O) groups excluding carboxylic acids is 3. The van der Waals surface area contributed by atoms with E-state index >= 15 is 0 Å². The number of nitrogens with zero attached hydrogens (tertiary/aromatic N) is 1. The van der Waals surface area contributed by atoms with Crippen molar-refractivity contribution in [2.75, 3.05) is 6.54 Å². The highest BCUT2D eigenvalue weighted by Gasteiger charge is 2.55. The molecule has 0 bridgehead atoms. The van der Waals surface area contributed by atoms with Crippen LogP contribution < -0.4 is 5.32 Å². The number of rotatable bonds is 4. The van der Waals surface area contributed by atoms with Crippen molar-refractivity contribution in [2.24, 2.45) is 5.92 Å². The first-order chi connectivity index (χ1) is 11.9.